The Hall–Kier alpha value is -3.23. The lowest BCUT2D eigenvalue weighted by Crippen LogP contribution is -2.20. The molecule has 3 aromatic rings. The van der Waals surface area contributed by atoms with Gasteiger partial charge in [0.15, 0.2) is 5.69 Å². The normalized spacial score (nSPS) is 11.4. The summed E-state index contributed by atoms with van der Waals surface area (Å²) < 4.78 is 5.97. The van der Waals surface area contributed by atoms with Crippen molar-refractivity contribution in [3.8, 4) is 0 Å². The van der Waals surface area contributed by atoms with Crippen LogP contribution in [0.4, 0.5) is 5.69 Å². The van der Waals surface area contributed by atoms with E-state index in [-0.39, 0.29) is 11.5 Å². The van der Waals surface area contributed by atoms with Gasteiger partial charge >= 0.3 is 11.2 Å². The molecule has 0 bridgehead atoms. The van der Waals surface area contributed by atoms with Crippen molar-refractivity contribution in [2.75, 3.05) is 0 Å². The molecule has 20 heavy (non-hydrogen) atoms. The van der Waals surface area contributed by atoms with E-state index in [4.69, 9.17) is 4.42 Å². The number of rotatable bonds is 3. The van der Waals surface area contributed by atoms with E-state index in [1.165, 1.54) is 24.7 Å². The molecule has 0 radical (unpaired) electrons. The lowest BCUT2D eigenvalue weighted by atomic mass is 10.3. The van der Waals surface area contributed by atoms with Gasteiger partial charge in [-0.3, -0.25) is 20.0 Å². The van der Waals surface area contributed by atoms with Crippen molar-refractivity contribution >= 4 is 23.6 Å². The Bertz CT molecular complexity index is 859. The smallest absolute Gasteiger partial charge is 0.361 e. The van der Waals surface area contributed by atoms with E-state index in [0.717, 1.165) is 4.52 Å². The standard InChI is InChI=1S/C11H7N5O4/c17-10-9(16(18)19)8(4-3-7-2-1-5-20-7)14-11-12-6-13-15(10)11/h1-6H,(H,12,13,14)/b4-3+. The van der Waals surface area contributed by atoms with Gasteiger partial charge in [0, 0.05) is 0 Å². The first-order valence-electron chi connectivity index (χ1n) is 5.49. The van der Waals surface area contributed by atoms with Gasteiger partial charge in [0.2, 0.25) is 0 Å². The number of furan rings is 1. The molecule has 9 nitrogen and oxygen atoms in total. The Morgan fingerprint density at radius 3 is 3.00 bits per heavy atom. The molecular formula is C11H7N5O4. The van der Waals surface area contributed by atoms with E-state index in [1.54, 1.807) is 12.1 Å². The van der Waals surface area contributed by atoms with E-state index >= 15 is 0 Å². The highest BCUT2D eigenvalue weighted by atomic mass is 16.6. The third kappa shape index (κ3) is 1.86. The first-order valence-corrected chi connectivity index (χ1v) is 5.49. The molecule has 9 heteroatoms. The number of nitrogens with one attached hydrogen (secondary N) is 1. The molecule has 0 unspecified atom stereocenters. The lowest BCUT2D eigenvalue weighted by Gasteiger charge is -1.97. The quantitative estimate of drug-likeness (QED) is 0.563. The van der Waals surface area contributed by atoms with Crippen LogP contribution < -0.4 is 5.56 Å². The number of H-pyrrole nitrogens is 1. The fourth-order valence-corrected chi connectivity index (χ4v) is 1.70. The number of nitrogens with zero attached hydrogens (tertiary/aromatic N) is 4. The predicted molar refractivity (Wildman–Crippen MR) is 67.9 cm³/mol. The van der Waals surface area contributed by atoms with Crippen LogP contribution in [0, 0.1) is 10.1 Å². The number of nitro groups is 1. The molecule has 3 aromatic heterocycles. The second kappa shape index (κ2) is 4.46. The monoisotopic (exact) mass is 273 g/mol. The summed E-state index contributed by atoms with van der Waals surface area (Å²) in [5.74, 6) is 0.544. The zero-order chi connectivity index (χ0) is 14.1. The minimum atomic E-state index is -0.823. The van der Waals surface area contributed by atoms with E-state index in [1.807, 2.05) is 0 Å². The van der Waals surface area contributed by atoms with Gasteiger partial charge in [-0.25, -0.2) is 9.97 Å². The third-order valence-electron chi connectivity index (χ3n) is 2.57. The molecule has 0 aliphatic carbocycles. The van der Waals surface area contributed by atoms with Crippen molar-refractivity contribution in [3.63, 3.8) is 0 Å². The van der Waals surface area contributed by atoms with Crippen molar-refractivity contribution in [1.29, 1.82) is 0 Å². The number of aromatic amines is 1. The Kier molecular flexibility index (Phi) is 2.64. The number of fused-ring (bicyclic) bond motifs is 1. The van der Waals surface area contributed by atoms with Gasteiger partial charge in [0.05, 0.1) is 11.2 Å². The maximum Gasteiger partial charge on any atom is 0.361 e. The molecular weight excluding hydrogens is 266 g/mol. The van der Waals surface area contributed by atoms with Crippen molar-refractivity contribution in [2.24, 2.45) is 0 Å². The second-order valence-corrected chi connectivity index (χ2v) is 3.78. The van der Waals surface area contributed by atoms with Gasteiger partial charge in [-0.1, -0.05) is 0 Å². The molecule has 0 fully saturated rings. The van der Waals surface area contributed by atoms with Crippen LogP contribution in [-0.2, 0) is 0 Å². The van der Waals surface area contributed by atoms with Gasteiger partial charge in [0.1, 0.15) is 12.1 Å². The van der Waals surface area contributed by atoms with Crippen LogP contribution >= 0.6 is 0 Å². The Balaban J connectivity index is 2.20. The van der Waals surface area contributed by atoms with Gasteiger partial charge in [-0.05, 0) is 24.3 Å². The zero-order valence-electron chi connectivity index (χ0n) is 9.89. The Morgan fingerprint density at radius 1 is 1.45 bits per heavy atom. The summed E-state index contributed by atoms with van der Waals surface area (Å²) in [5.41, 5.74) is -1.53. The molecule has 0 aliphatic heterocycles. The highest BCUT2D eigenvalue weighted by Crippen LogP contribution is 2.15. The molecule has 3 heterocycles. The molecule has 1 N–H and O–H groups in total. The minimum Gasteiger partial charge on any atom is -0.465 e. The van der Waals surface area contributed by atoms with E-state index < -0.39 is 16.2 Å². The largest absolute Gasteiger partial charge is 0.465 e. The molecule has 0 saturated heterocycles. The van der Waals surface area contributed by atoms with Gasteiger partial charge in [-0.2, -0.15) is 4.52 Å². The SMILES string of the molecule is O=c1c([N+](=O)[O-])c(/C=C/c2ccco2)nc2nc[nH]n12. The molecule has 0 aliphatic rings. The van der Waals surface area contributed by atoms with Crippen LogP contribution in [0.3, 0.4) is 0 Å². The van der Waals surface area contributed by atoms with Crippen LogP contribution in [-0.4, -0.2) is 24.5 Å². The summed E-state index contributed by atoms with van der Waals surface area (Å²) in [7, 11) is 0. The van der Waals surface area contributed by atoms with Crippen molar-refractivity contribution in [2.45, 2.75) is 0 Å². The van der Waals surface area contributed by atoms with Crippen molar-refractivity contribution in [3.05, 3.63) is 56.6 Å². The first kappa shape index (κ1) is 11.8. The van der Waals surface area contributed by atoms with Crippen LogP contribution in [0.2, 0.25) is 0 Å². The molecule has 0 spiro atoms. The van der Waals surface area contributed by atoms with Crippen LogP contribution in [0.15, 0.2) is 33.9 Å². The van der Waals surface area contributed by atoms with Crippen molar-refractivity contribution in [1.82, 2.24) is 19.6 Å². The molecule has 0 atom stereocenters. The number of hydrogen-bond acceptors (Lipinski definition) is 6. The minimum absolute atomic E-state index is 0.0553. The van der Waals surface area contributed by atoms with Gasteiger partial charge in [0.25, 0.3) is 5.78 Å². The van der Waals surface area contributed by atoms with Crippen molar-refractivity contribution < 1.29 is 9.34 Å². The highest BCUT2D eigenvalue weighted by Gasteiger charge is 2.22. The maximum atomic E-state index is 12.0. The number of aromatic nitrogens is 4. The van der Waals surface area contributed by atoms with Crippen LogP contribution in [0.1, 0.15) is 11.5 Å². The molecule has 0 amide bonds. The third-order valence-corrected chi connectivity index (χ3v) is 2.57. The average molecular weight is 273 g/mol. The Morgan fingerprint density at radius 2 is 2.30 bits per heavy atom. The first-order chi connectivity index (χ1) is 9.66. The predicted octanol–water partition coefficient (Wildman–Crippen LogP) is 1.09. The maximum absolute atomic E-state index is 12.0. The highest BCUT2D eigenvalue weighted by molar-refractivity contribution is 5.70. The second-order valence-electron chi connectivity index (χ2n) is 3.78. The summed E-state index contributed by atoms with van der Waals surface area (Å²) in [6.45, 7) is 0. The van der Waals surface area contributed by atoms with Gasteiger partial charge < -0.3 is 4.42 Å². The summed E-state index contributed by atoms with van der Waals surface area (Å²) in [4.78, 5) is 30.0. The summed E-state index contributed by atoms with van der Waals surface area (Å²) in [6, 6.07) is 3.34. The van der Waals surface area contributed by atoms with E-state index in [9.17, 15) is 14.9 Å². The summed E-state index contributed by atoms with van der Waals surface area (Å²) in [6.07, 6.45) is 5.52. The topological polar surface area (TPSA) is 119 Å². The van der Waals surface area contributed by atoms with E-state index in [2.05, 4.69) is 15.1 Å². The fourth-order valence-electron chi connectivity index (χ4n) is 1.70. The number of hydrogen-bond donors (Lipinski definition) is 1. The fraction of sp³-hybridized carbons (Fsp3) is 0. The average Bonchev–Trinajstić information content (AvgIpc) is 3.06. The van der Waals surface area contributed by atoms with Crippen LogP contribution in [0.25, 0.3) is 17.9 Å². The summed E-state index contributed by atoms with van der Waals surface area (Å²) >= 11 is 0. The van der Waals surface area contributed by atoms with Crippen LogP contribution in [0.5, 0.6) is 0 Å². The molecule has 100 valence electrons. The Labute approximate surface area is 110 Å². The summed E-state index contributed by atoms with van der Waals surface area (Å²) in [5, 5.41) is 13.5. The molecule has 0 aromatic carbocycles. The van der Waals surface area contributed by atoms with E-state index in [0.29, 0.717) is 5.76 Å². The van der Waals surface area contributed by atoms with Gasteiger partial charge in [-0.15, -0.1) is 0 Å². The molecule has 3 rings (SSSR count). The lowest BCUT2D eigenvalue weighted by molar-refractivity contribution is -0.386. The zero-order valence-corrected chi connectivity index (χ0v) is 9.89. The molecule has 0 saturated carbocycles.